The van der Waals surface area contributed by atoms with Crippen LogP contribution in [-0.4, -0.2) is 0 Å². The quantitative estimate of drug-likeness (QED) is 0.420. The second-order valence-corrected chi connectivity index (χ2v) is 6.56. The fraction of sp³-hybridized carbons (Fsp3) is 0.200. The highest BCUT2D eigenvalue weighted by Gasteiger charge is 2.18. The largest absolute Gasteiger partial charge is 0.207 e. The summed E-state index contributed by atoms with van der Waals surface area (Å²) in [5, 5.41) is 0. The lowest BCUT2D eigenvalue weighted by Crippen LogP contribution is -2.02. The van der Waals surface area contributed by atoms with Crippen molar-refractivity contribution in [1.82, 2.24) is 0 Å². The summed E-state index contributed by atoms with van der Waals surface area (Å²) in [6, 6.07) is 7.75. The van der Waals surface area contributed by atoms with Crippen molar-refractivity contribution in [2.24, 2.45) is 0 Å². The van der Waals surface area contributed by atoms with Gasteiger partial charge in [-0.05, 0) is 83.0 Å². The second kappa shape index (κ2) is 5.87. The van der Waals surface area contributed by atoms with Crippen molar-refractivity contribution in [3.05, 3.63) is 67.8 Å². The minimum atomic E-state index is -0.250. The monoisotopic (exact) mass is 436 g/mol. The summed E-state index contributed by atoms with van der Waals surface area (Å²) in [6.07, 6.45) is 0. The van der Waals surface area contributed by atoms with E-state index < -0.39 is 0 Å². The van der Waals surface area contributed by atoms with Crippen LogP contribution in [0.4, 0.5) is 8.78 Å². The van der Waals surface area contributed by atoms with E-state index in [2.05, 4.69) is 38.5 Å². The van der Waals surface area contributed by atoms with E-state index in [9.17, 15) is 8.78 Å². The van der Waals surface area contributed by atoms with Crippen molar-refractivity contribution in [1.29, 1.82) is 0 Å². The van der Waals surface area contributed by atoms with Gasteiger partial charge in [-0.25, -0.2) is 8.78 Å². The minimum Gasteiger partial charge on any atom is -0.207 e. The van der Waals surface area contributed by atoms with Crippen LogP contribution in [0.5, 0.6) is 0 Å². The van der Waals surface area contributed by atoms with Crippen LogP contribution in [0.2, 0.25) is 0 Å². The summed E-state index contributed by atoms with van der Waals surface area (Å²) in [7, 11) is 0. The molecule has 0 amide bonds. The summed E-state index contributed by atoms with van der Waals surface area (Å²) < 4.78 is 27.3. The lowest BCUT2D eigenvalue weighted by atomic mass is 9.96. The van der Waals surface area contributed by atoms with Gasteiger partial charge in [0.15, 0.2) is 0 Å². The normalized spacial score (nSPS) is 12.5. The Morgan fingerprint density at radius 2 is 1.58 bits per heavy atom. The van der Waals surface area contributed by atoms with Crippen LogP contribution in [0.15, 0.2) is 30.3 Å². The van der Waals surface area contributed by atoms with Gasteiger partial charge in [0.05, 0.1) is 4.83 Å². The van der Waals surface area contributed by atoms with Gasteiger partial charge in [0.25, 0.3) is 0 Å². The average Bonchev–Trinajstić information content (AvgIpc) is 2.26. The van der Waals surface area contributed by atoms with Gasteiger partial charge in [0, 0.05) is 3.57 Å². The van der Waals surface area contributed by atoms with Gasteiger partial charge in [0.1, 0.15) is 11.6 Å². The molecule has 0 saturated carbocycles. The summed E-state index contributed by atoms with van der Waals surface area (Å²) in [5.74, 6) is -0.479. The molecule has 0 nitrogen and oxygen atoms in total. The number of halogens is 4. The molecule has 0 aliphatic carbocycles. The van der Waals surface area contributed by atoms with Gasteiger partial charge in [-0.3, -0.25) is 0 Å². The highest BCUT2D eigenvalue weighted by Crippen LogP contribution is 2.37. The summed E-state index contributed by atoms with van der Waals surface area (Å²) in [4.78, 5) is -0.0689. The van der Waals surface area contributed by atoms with Crippen molar-refractivity contribution in [3.63, 3.8) is 0 Å². The maximum atomic E-state index is 13.3. The van der Waals surface area contributed by atoms with Crippen LogP contribution in [0, 0.1) is 29.1 Å². The fourth-order valence-electron chi connectivity index (χ4n) is 2.18. The lowest BCUT2D eigenvalue weighted by molar-refractivity contribution is 0.624. The second-order valence-electron chi connectivity index (χ2n) is 4.48. The first kappa shape index (κ1) is 14.9. The average molecular weight is 437 g/mol. The molecule has 19 heavy (non-hydrogen) atoms. The van der Waals surface area contributed by atoms with Crippen molar-refractivity contribution < 1.29 is 8.78 Å². The van der Waals surface area contributed by atoms with Crippen molar-refractivity contribution in [3.8, 4) is 0 Å². The van der Waals surface area contributed by atoms with E-state index >= 15 is 0 Å². The van der Waals surface area contributed by atoms with Crippen LogP contribution in [0.3, 0.4) is 0 Å². The van der Waals surface area contributed by atoms with E-state index in [1.54, 1.807) is 6.07 Å². The Morgan fingerprint density at radius 1 is 1.00 bits per heavy atom. The molecule has 0 aliphatic heterocycles. The maximum absolute atomic E-state index is 13.3. The van der Waals surface area contributed by atoms with Crippen molar-refractivity contribution in [2.75, 3.05) is 0 Å². The van der Waals surface area contributed by atoms with Gasteiger partial charge in [0.2, 0.25) is 0 Å². The number of benzene rings is 2. The van der Waals surface area contributed by atoms with Crippen LogP contribution >= 0.6 is 38.5 Å². The Morgan fingerprint density at radius 3 is 2.11 bits per heavy atom. The van der Waals surface area contributed by atoms with Gasteiger partial charge in [-0.1, -0.05) is 22.0 Å². The molecule has 0 fully saturated rings. The highest BCUT2D eigenvalue weighted by atomic mass is 127. The van der Waals surface area contributed by atoms with E-state index in [4.69, 9.17) is 0 Å². The third kappa shape index (κ3) is 3.16. The fourth-order valence-corrected chi connectivity index (χ4v) is 4.52. The topological polar surface area (TPSA) is 0 Å². The standard InChI is InChI=1S/C15H12BrF2I/c1-8-5-11(18)6-9(2)14(8)15(16)12-4-3-10(17)7-13(12)19/h3-7,15H,1-2H3. The van der Waals surface area contributed by atoms with Crippen LogP contribution < -0.4 is 0 Å². The predicted molar refractivity (Wildman–Crippen MR) is 85.8 cm³/mol. The Bertz CT molecular complexity index is 603. The van der Waals surface area contributed by atoms with Crippen molar-refractivity contribution in [2.45, 2.75) is 18.7 Å². The number of hydrogen-bond donors (Lipinski definition) is 0. The van der Waals surface area contributed by atoms with E-state index in [0.717, 1.165) is 25.8 Å². The molecule has 0 N–H and O–H groups in total. The summed E-state index contributed by atoms with van der Waals surface area (Å²) in [6.45, 7) is 3.77. The van der Waals surface area contributed by atoms with E-state index in [0.29, 0.717) is 0 Å². The van der Waals surface area contributed by atoms with Crippen LogP contribution in [0.25, 0.3) is 0 Å². The lowest BCUT2D eigenvalue weighted by Gasteiger charge is -2.18. The molecule has 100 valence electrons. The molecule has 0 heterocycles. The molecule has 0 saturated heterocycles. The van der Waals surface area contributed by atoms with Gasteiger partial charge < -0.3 is 0 Å². The molecule has 0 bridgehead atoms. The van der Waals surface area contributed by atoms with Gasteiger partial charge >= 0.3 is 0 Å². The molecule has 2 aromatic rings. The zero-order valence-corrected chi connectivity index (χ0v) is 14.2. The minimum absolute atomic E-state index is 0.0689. The highest BCUT2D eigenvalue weighted by molar-refractivity contribution is 14.1. The first-order valence-corrected chi connectivity index (χ1v) is 7.75. The number of rotatable bonds is 2. The Hall–Kier alpha value is -0.490. The molecule has 0 radical (unpaired) electrons. The Kier molecular flexibility index (Phi) is 4.61. The maximum Gasteiger partial charge on any atom is 0.124 e. The van der Waals surface area contributed by atoms with Gasteiger partial charge in [-0.15, -0.1) is 0 Å². The van der Waals surface area contributed by atoms with Crippen molar-refractivity contribution >= 4 is 38.5 Å². The van der Waals surface area contributed by atoms with E-state index in [1.807, 2.05) is 13.8 Å². The number of hydrogen-bond acceptors (Lipinski definition) is 0. The van der Waals surface area contributed by atoms with Crippen LogP contribution in [0.1, 0.15) is 27.1 Å². The molecule has 0 spiro atoms. The first-order chi connectivity index (χ1) is 8.90. The molecule has 1 atom stereocenters. The summed E-state index contributed by atoms with van der Waals surface area (Å²) >= 11 is 5.76. The molecule has 0 aliphatic rings. The smallest absolute Gasteiger partial charge is 0.124 e. The molecule has 1 unspecified atom stereocenters. The number of alkyl halides is 1. The molecule has 2 rings (SSSR count). The summed E-state index contributed by atoms with van der Waals surface area (Å²) in [5.41, 5.74) is 3.80. The Balaban J connectivity index is 2.53. The Labute approximate surface area is 133 Å². The third-order valence-corrected chi connectivity index (χ3v) is 4.93. The molecule has 2 aromatic carbocycles. The third-order valence-electron chi connectivity index (χ3n) is 3.05. The zero-order valence-electron chi connectivity index (χ0n) is 10.5. The molecular weight excluding hydrogens is 425 g/mol. The molecule has 0 aromatic heterocycles. The molecule has 4 heteroatoms. The van der Waals surface area contributed by atoms with E-state index in [1.165, 1.54) is 24.3 Å². The van der Waals surface area contributed by atoms with Crippen LogP contribution in [-0.2, 0) is 0 Å². The number of aryl methyl sites for hydroxylation is 2. The molecular formula is C15H12BrF2I. The van der Waals surface area contributed by atoms with Gasteiger partial charge in [-0.2, -0.15) is 0 Å². The predicted octanol–water partition coefficient (Wildman–Crippen LogP) is 5.67. The first-order valence-electron chi connectivity index (χ1n) is 5.76. The SMILES string of the molecule is Cc1cc(F)cc(C)c1C(Br)c1ccc(F)cc1I. The van der Waals surface area contributed by atoms with E-state index in [-0.39, 0.29) is 16.5 Å². The zero-order chi connectivity index (χ0) is 14.2.